The van der Waals surface area contributed by atoms with E-state index in [1.165, 1.54) is 0 Å². The third kappa shape index (κ3) is 16.7. The Morgan fingerprint density at radius 2 is 0.842 bits per heavy atom. The molecule has 9 nitrogen and oxygen atoms in total. The lowest BCUT2D eigenvalue weighted by atomic mass is 9.76. The third-order valence-corrected chi connectivity index (χ3v) is 6.88. The Kier molecular flexibility index (Phi) is 14.4. The van der Waals surface area contributed by atoms with Crippen molar-refractivity contribution in [2.75, 3.05) is 53.0 Å². The van der Waals surface area contributed by atoms with Gasteiger partial charge in [-0.1, -0.05) is 41.5 Å². The normalized spacial score (nSPS) is 14.8. The van der Waals surface area contributed by atoms with Gasteiger partial charge < -0.3 is 36.1 Å². The summed E-state index contributed by atoms with van der Waals surface area (Å²) in [6.45, 7) is 28.5. The monoisotopic (exact) mass is 548 g/mol. The zero-order valence-electron chi connectivity index (χ0n) is 27.0. The van der Waals surface area contributed by atoms with Gasteiger partial charge in [0.1, 0.15) is 6.73 Å². The molecule has 0 heterocycles. The standard InChI is InChI=1S/C29H65N5O4/c1-23(2,13-26(7,8)30)15-35-18-29(21-38-22-34-33,20-37-17-25(5,6)28(11,12)32)19-36-16-24(3,4)14-27(9,10)31/h34H,13-22,30-33H2,1-12H3. The Balaban J connectivity index is 5.72. The number of ether oxygens (including phenoxy) is 4. The SMILES string of the molecule is CC(C)(N)CC(C)(C)COCC(COCNN)(COCC(C)(C)CC(C)(C)N)COCC(C)(C)C(C)(C)N. The predicted molar refractivity (Wildman–Crippen MR) is 158 cm³/mol. The van der Waals surface area contributed by atoms with Crippen molar-refractivity contribution >= 4 is 0 Å². The first-order valence-electron chi connectivity index (χ1n) is 14.0. The summed E-state index contributed by atoms with van der Waals surface area (Å²) in [6.07, 6.45) is 1.66. The van der Waals surface area contributed by atoms with Gasteiger partial charge in [0, 0.05) is 22.0 Å². The molecule has 0 unspecified atom stereocenters. The first-order chi connectivity index (χ1) is 16.8. The Morgan fingerprint density at radius 3 is 1.16 bits per heavy atom. The second kappa shape index (κ2) is 14.5. The maximum Gasteiger partial charge on any atom is 0.109 e. The molecule has 230 valence electrons. The van der Waals surface area contributed by atoms with E-state index >= 15 is 0 Å². The van der Waals surface area contributed by atoms with Crippen LogP contribution in [0.3, 0.4) is 0 Å². The second-order valence-corrected chi connectivity index (χ2v) is 15.9. The maximum absolute atomic E-state index is 6.42. The number of hydrazine groups is 1. The van der Waals surface area contributed by atoms with Crippen LogP contribution in [0.4, 0.5) is 0 Å². The fourth-order valence-corrected chi connectivity index (χ4v) is 4.94. The van der Waals surface area contributed by atoms with E-state index in [2.05, 4.69) is 47.0 Å². The van der Waals surface area contributed by atoms with Crippen molar-refractivity contribution in [3.63, 3.8) is 0 Å². The van der Waals surface area contributed by atoms with Crippen LogP contribution < -0.4 is 28.5 Å². The molecule has 0 rings (SSSR count). The molecule has 0 bridgehead atoms. The highest BCUT2D eigenvalue weighted by Gasteiger charge is 2.38. The Morgan fingerprint density at radius 1 is 0.500 bits per heavy atom. The molecule has 0 saturated heterocycles. The van der Waals surface area contributed by atoms with Crippen molar-refractivity contribution in [1.29, 1.82) is 0 Å². The van der Waals surface area contributed by atoms with Crippen LogP contribution in [0.1, 0.15) is 95.9 Å². The predicted octanol–water partition coefficient (Wildman–Crippen LogP) is 3.53. The average Bonchev–Trinajstić information content (AvgIpc) is 2.62. The molecule has 0 radical (unpaired) electrons. The first-order valence-corrected chi connectivity index (χ1v) is 14.0. The molecular formula is C29H65N5O4. The van der Waals surface area contributed by atoms with Crippen molar-refractivity contribution in [1.82, 2.24) is 5.43 Å². The summed E-state index contributed by atoms with van der Waals surface area (Å²) in [5.41, 5.74) is 19.7. The van der Waals surface area contributed by atoms with E-state index in [-0.39, 0.29) is 34.1 Å². The Bertz CT molecular complexity index is 627. The molecule has 0 aliphatic rings. The van der Waals surface area contributed by atoms with Crippen molar-refractivity contribution in [2.45, 2.75) is 113 Å². The highest BCUT2D eigenvalue weighted by atomic mass is 16.5. The molecule has 0 aromatic rings. The smallest absolute Gasteiger partial charge is 0.109 e. The molecule has 9 heteroatoms. The average molecular weight is 548 g/mol. The maximum atomic E-state index is 6.42. The number of hydrogen-bond donors (Lipinski definition) is 5. The van der Waals surface area contributed by atoms with Crippen LogP contribution >= 0.6 is 0 Å². The summed E-state index contributed by atoms with van der Waals surface area (Å²) < 4.78 is 24.9. The molecule has 0 saturated carbocycles. The van der Waals surface area contributed by atoms with Crippen LogP contribution in [0.2, 0.25) is 0 Å². The molecule has 0 spiro atoms. The van der Waals surface area contributed by atoms with Crippen LogP contribution in [0.25, 0.3) is 0 Å². The topological polar surface area (TPSA) is 153 Å². The lowest BCUT2D eigenvalue weighted by Crippen LogP contribution is -2.51. The van der Waals surface area contributed by atoms with Crippen molar-refractivity contribution in [3.05, 3.63) is 0 Å². The summed E-state index contributed by atoms with van der Waals surface area (Å²) in [5, 5.41) is 0. The van der Waals surface area contributed by atoms with Gasteiger partial charge in [0.15, 0.2) is 0 Å². The molecule has 0 amide bonds. The van der Waals surface area contributed by atoms with Gasteiger partial charge in [0.25, 0.3) is 0 Å². The van der Waals surface area contributed by atoms with E-state index in [1.807, 2.05) is 41.5 Å². The number of nitrogens with two attached hydrogens (primary N) is 4. The molecule has 9 N–H and O–H groups in total. The van der Waals surface area contributed by atoms with Gasteiger partial charge in [-0.15, -0.1) is 0 Å². The van der Waals surface area contributed by atoms with Gasteiger partial charge in [-0.3, -0.25) is 5.84 Å². The summed E-state index contributed by atoms with van der Waals surface area (Å²) in [4.78, 5) is 0. The molecular weight excluding hydrogens is 482 g/mol. The quantitative estimate of drug-likeness (QED) is 0.0628. The zero-order valence-corrected chi connectivity index (χ0v) is 27.0. The van der Waals surface area contributed by atoms with E-state index in [1.54, 1.807) is 0 Å². The van der Waals surface area contributed by atoms with E-state index in [9.17, 15) is 0 Å². The van der Waals surface area contributed by atoms with Gasteiger partial charge in [0.05, 0.1) is 51.7 Å². The molecule has 0 fully saturated rings. The fourth-order valence-electron chi connectivity index (χ4n) is 4.94. The van der Waals surface area contributed by atoms with Crippen LogP contribution in [0.15, 0.2) is 0 Å². The Labute approximate surface area is 234 Å². The van der Waals surface area contributed by atoms with E-state index in [4.69, 9.17) is 42.0 Å². The van der Waals surface area contributed by atoms with E-state index < -0.39 is 11.0 Å². The molecule has 0 aliphatic carbocycles. The van der Waals surface area contributed by atoms with Crippen LogP contribution in [0, 0.1) is 21.7 Å². The van der Waals surface area contributed by atoms with Crippen LogP contribution in [-0.4, -0.2) is 69.6 Å². The minimum atomic E-state index is -0.547. The second-order valence-electron chi connectivity index (χ2n) is 15.9. The number of nitrogens with one attached hydrogen (secondary N) is 1. The van der Waals surface area contributed by atoms with Crippen LogP contribution in [0.5, 0.6) is 0 Å². The highest BCUT2D eigenvalue weighted by Crippen LogP contribution is 2.32. The summed E-state index contributed by atoms with van der Waals surface area (Å²) in [5.74, 6) is 5.49. The molecule has 0 aliphatic heterocycles. The van der Waals surface area contributed by atoms with Crippen molar-refractivity contribution in [2.24, 2.45) is 44.7 Å². The highest BCUT2D eigenvalue weighted by molar-refractivity contribution is 4.91. The minimum Gasteiger partial charge on any atom is -0.380 e. The lowest BCUT2D eigenvalue weighted by molar-refractivity contribution is -0.131. The molecule has 0 atom stereocenters. The number of hydrogen-bond acceptors (Lipinski definition) is 9. The van der Waals surface area contributed by atoms with Crippen LogP contribution in [-0.2, 0) is 18.9 Å². The van der Waals surface area contributed by atoms with Gasteiger partial charge >= 0.3 is 0 Å². The lowest BCUT2D eigenvalue weighted by Gasteiger charge is -2.40. The number of rotatable bonds is 21. The minimum absolute atomic E-state index is 0.0916. The largest absolute Gasteiger partial charge is 0.380 e. The van der Waals surface area contributed by atoms with Gasteiger partial charge in [-0.25, -0.2) is 5.43 Å². The Hall–Kier alpha value is -0.360. The van der Waals surface area contributed by atoms with Gasteiger partial charge in [0.2, 0.25) is 0 Å². The zero-order chi connectivity index (χ0) is 30.1. The van der Waals surface area contributed by atoms with Crippen molar-refractivity contribution in [3.8, 4) is 0 Å². The van der Waals surface area contributed by atoms with Gasteiger partial charge in [-0.05, 0) is 65.2 Å². The molecule has 0 aromatic carbocycles. The summed E-state index contributed by atoms with van der Waals surface area (Å²) in [7, 11) is 0. The molecule has 0 aromatic heterocycles. The van der Waals surface area contributed by atoms with Crippen molar-refractivity contribution < 1.29 is 18.9 Å². The van der Waals surface area contributed by atoms with E-state index in [0.29, 0.717) is 46.2 Å². The van der Waals surface area contributed by atoms with E-state index in [0.717, 1.165) is 12.8 Å². The fraction of sp³-hybridized carbons (Fsp3) is 1.00. The molecule has 38 heavy (non-hydrogen) atoms. The third-order valence-electron chi connectivity index (χ3n) is 6.88. The summed E-state index contributed by atoms with van der Waals surface area (Å²) in [6, 6.07) is 0. The van der Waals surface area contributed by atoms with Gasteiger partial charge in [-0.2, -0.15) is 0 Å². The summed E-state index contributed by atoms with van der Waals surface area (Å²) >= 11 is 0. The first kappa shape index (κ1) is 37.6.